The highest BCUT2D eigenvalue weighted by atomic mass is 35.5. The van der Waals surface area contributed by atoms with Crippen LogP contribution in [-0.2, 0) is 16.1 Å². The summed E-state index contributed by atoms with van der Waals surface area (Å²) in [6, 6.07) is 7.44. The molecular weight excluding hydrogens is 348 g/mol. The fourth-order valence-corrected chi connectivity index (χ4v) is 3.29. The van der Waals surface area contributed by atoms with Crippen LogP contribution >= 0.6 is 23.4 Å². The first-order valence-electron chi connectivity index (χ1n) is 7.50. The highest BCUT2D eigenvalue weighted by Crippen LogP contribution is 2.28. The first kappa shape index (κ1) is 18.8. The van der Waals surface area contributed by atoms with Crippen molar-refractivity contribution < 1.29 is 9.53 Å². The van der Waals surface area contributed by atoms with E-state index in [0.29, 0.717) is 23.3 Å². The van der Waals surface area contributed by atoms with Gasteiger partial charge in [0.15, 0.2) is 11.0 Å². The van der Waals surface area contributed by atoms with Crippen molar-refractivity contribution in [3.8, 4) is 11.4 Å². The molecule has 24 heavy (non-hydrogen) atoms. The number of rotatable bonds is 7. The molecule has 1 aromatic heterocycles. The van der Waals surface area contributed by atoms with E-state index in [-0.39, 0.29) is 11.2 Å². The second kappa shape index (κ2) is 8.50. The van der Waals surface area contributed by atoms with Gasteiger partial charge in [0.05, 0.1) is 18.4 Å². The van der Waals surface area contributed by atoms with Gasteiger partial charge in [-0.15, -0.1) is 10.2 Å². The molecule has 0 saturated heterocycles. The summed E-state index contributed by atoms with van der Waals surface area (Å²) in [4.78, 5) is 13.7. The molecule has 0 aliphatic carbocycles. The van der Waals surface area contributed by atoms with Gasteiger partial charge in [0.2, 0.25) is 5.91 Å². The van der Waals surface area contributed by atoms with Gasteiger partial charge >= 0.3 is 0 Å². The van der Waals surface area contributed by atoms with E-state index in [1.54, 1.807) is 26.1 Å². The summed E-state index contributed by atoms with van der Waals surface area (Å²) in [6.45, 7) is 3.00. The minimum Gasteiger partial charge on any atom is -0.383 e. The van der Waals surface area contributed by atoms with E-state index in [0.717, 1.165) is 11.4 Å². The number of hydrogen-bond acceptors (Lipinski definition) is 5. The lowest BCUT2D eigenvalue weighted by Crippen LogP contribution is -2.29. The summed E-state index contributed by atoms with van der Waals surface area (Å²) in [6.07, 6.45) is 0. The molecule has 0 bridgehead atoms. The Morgan fingerprint density at radius 2 is 2.00 bits per heavy atom. The number of thioether (sulfide) groups is 1. The number of benzene rings is 1. The molecule has 0 saturated carbocycles. The van der Waals surface area contributed by atoms with Crippen LogP contribution < -0.4 is 0 Å². The molecule has 1 aromatic carbocycles. The van der Waals surface area contributed by atoms with Crippen LogP contribution in [0.3, 0.4) is 0 Å². The van der Waals surface area contributed by atoms with E-state index in [9.17, 15) is 4.79 Å². The highest BCUT2D eigenvalue weighted by molar-refractivity contribution is 8.00. The molecule has 6 nitrogen and oxygen atoms in total. The van der Waals surface area contributed by atoms with Crippen molar-refractivity contribution in [2.45, 2.75) is 23.9 Å². The van der Waals surface area contributed by atoms with E-state index >= 15 is 0 Å². The van der Waals surface area contributed by atoms with Gasteiger partial charge < -0.3 is 9.64 Å². The second-order valence-electron chi connectivity index (χ2n) is 5.45. The lowest BCUT2D eigenvalue weighted by Gasteiger charge is -2.16. The van der Waals surface area contributed by atoms with Gasteiger partial charge in [0, 0.05) is 31.8 Å². The molecule has 1 heterocycles. The molecule has 0 radical (unpaired) electrons. The lowest BCUT2D eigenvalue weighted by molar-refractivity contribution is -0.127. The molecule has 2 rings (SSSR count). The molecular formula is C16H21ClN4O2S. The van der Waals surface area contributed by atoms with Crippen LogP contribution in [-0.4, -0.2) is 58.6 Å². The quantitative estimate of drug-likeness (QED) is 0.703. The average Bonchev–Trinajstić information content (AvgIpc) is 2.95. The first-order valence-corrected chi connectivity index (χ1v) is 8.75. The summed E-state index contributed by atoms with van der Waals surface area (Å²) in [5.74, 6) is 0.769. The number of amides is 1. The smallest absolute Gasteiger partial charge is 0.235 e. The van der Waals surface area contributed by atoms with Crippen LogP contribution in [0, 0.1) is 0 Å². The van der Waals surface area contributed by atoms with Gasteiger partial charge in [-0.25, -0.2) is 0 Å². The summed E-state index contributed by atoms with van der Waals surface area (Å²) >= 11 is 7.34. The molecule has 0 unspecified atom stereocenters. The first-order chi connectivity index (χ1) is 11.4. The van der Waals surface area contributed by atoms with Crippen molar-refractivity contribution in [1.82, 2.24) is 19.7 Å². The molecule has 8 heteroatoms. The van der Waals surface area contributed by atoms with Gasteiger partial charge in [-0.1, -0.05) is 23.4 Å². The van der Waals surface area contributed by atoms with E-state index in [4.69, 9.17) is 16.3 Å². The zero-order chi connectivity index (χ0) is 17.7. The summed E-state index contributed by atoms with van der Waals surface area (Å²) in [5, 5.41) is 9.68. The predicted octanol–water partition coefficient (Wildman–Crippen LogP) is 2.81. The van der Waals surface area contributed by atoms with Gasteiger partial charge in [-0.05, 0) is 31.2 Å². The van der Waals surface area contributed by atoms with Crippen LogP contribution in [0.25, 0.3) is 11.4 Å². The Morgan fingerprint density at radius 3 is 2.58 bits per heavy atom. The van der Waals surface area contributed by atoms with Crippen LogP contribution in [0.4, 0.5) is 0 Å². The molecule has 130 valence electrons. The number of nitrogens with zero attached hydrogens (tertiary/aromatic N) is 4. The third-order valence-corrected chi connectivity index (χ3v) is 4.73. The topological polar surface area (TPSA) is 60.2 Å². The Bertz CT molecular complexity index is 688. The zero-order valence-corrected chi connectivity index (χ0v) is 15.8. The fourth-order valence-electron chi connectivity index (χ4n) is 2.14. The van der Waals surface area contributed by atoms with Gasteiger partial charge in [0.1, 0.15) is 0 Å². The number of halogens is 1. The van der Waals surface area contributed by atoms with Gasteiger partial charge in [-0.2, -0.15) is 0 Å². The maximum Gasteiger partial charge on any atom is 0.235 e. The Balaban J connectivity index is 2.31. The average molecular weight is 369 g/mol. The molecule has 0 aliphatic heterocycles. The Kier molecular flexibility index (Phi) is 6.65. The van der Waals surface area contributed by atoms with Crippen LogP contribution in [0.2, 0.25) is 5.02 Å². The monoisotopic (exact) mass is 368 g/mol. The van der Waals surface area contributed by atoms with Crippen LogP contribution in [0.1, 0.15) is 6.92 Å². The van der Waals surface area contributed by atoms with Crippen molar-refractivity contribution in [3.63, 3.8) is 0 Å². The Labute approximate surface area is 151 Å². The van der Waals surface area contributed by atoms with E-state index in [1.807, 2.05) is 35.8 Å². The summed E-state index contributed by atoms with van der Waals surface area (Å²) < 4.78 is 7.16. The Morgan fingerprint density at radius 1 is 1.33 bits per heavy atom. The number of carbonyl (C=O) groups excluding carboxylic acids is 1. The van der Waals surface area contributed by atoms with Crippen molar-refractivity contribution in [2.24, 2.45) is 0 Å². The number of hydrogen-bond donors (Lipinski definition) is 0. The molecule has 0 spiro atoms. The van der Waals surface area contributed by atoms with Gasteiger partial charge in [0.25, 0.3) is 0 Å². The van der Waals surface area contributed by atoms with E-state index in [1.165, 1.54) is 11.8 Å². The number of ether oxygens (including phenoxy) is 1. The Hall–Kier alpha value is -1.57. The maximum absolute atomic E-state index is 12.1. The number of methoxy groups -OCH3 is 1. The zero-order valence-electron chi connectivity index (χ0n) is 14.2. The standard InChI is InChI=1S/C16H21ClN4O2S/c1-11(15(22)20(2)3)24-16-19-18-14(21(16)9-10-23-4)12-5-7-13(17)8-6-12/h5-8,11H,9-10H2,1-4H3/t11-/m0/s1. The van der Waals surface area contributed by atoms with E-state index < -0.39 is 0 Å². The lowest BCUT2D eigenvalue weighted by atomic mass is 10.2. The summed E-state index contributed by atoms with van der Waals surface area (Å²) in [7, 11) is 5.14. The van der Waals surface area contributed by atoms with Crippen LogP contribution in [0.5, 0.6) is 0 Å². The molecule has 0 fully saturated rings. The van der Waals surface area contributed by atoms with Crippen molar-refractivity contribution in [2.75, 3.05) is 27.8 Å². The third-order valence-electron chi connectivity index (χ3n) is 3.41. The largest absolute Gasteiger partial charge is 0.383 e. The summed E-state index contributed by atoms with van der Waals surface area (Å²) in [5.41, 5.74) is 0.918. The van der Waals surface area contributed by atoms with Crippen LogP contribution in [0.15, 0.2) is 29.4 Å². The van der Waals surface area contributed by atoms with Crippen molar-refractivity contribution in [3.05, 3.63) is 29.3 Å². The van der Waals surface area contributed by atoms with Crippen molar-refractivity contribution in [1.29, 1.82) is 0 Å². The molecule has 2 aromatic rings. The highest BCUT2D eigenvalue weighted by Gasteiger charge is 2.21. The van der Waals surface area contributed by atoms with Gasteiger partial charge in [-0.3, -0.25) is 9.36 Å². The third kappa shape index (κ3) is 4.49. The fraction of sp³-hybridized carbons (Fsp3) is 0.438. The molecule has 1 amide bonds. The second-order valence-corrected chi connectivity index (χ2v) is 7.19. The molecule has 1 atom stereocenters. The maximum atomic E-state index is 12.1. The number of carbonyl (C=O) groups is 1. The molecule has 0 aliphatic rings. The SMILES string of the molecule is COCCn1c(S[C@@H](C)C(=O)N(C)C)nnc1-c1ccc(Cl)cc1. The predicted molar refractivity (Wildman–Crippen MR) is 96.4 cm³/mol. The normalized spacial score (nSPS) is 12.2. The number of aromatic nitrogens is 3. The van der Waals surface area contributed by atoms with Crippen molar-refractivity contribution >= 4 is 29.3 Å². The van der Waals surface area contributed by atoms with E-state index in [2.05, 4.69) is 10.2 Å². The minimum atomic E-state index is -0.247. The minimum absolute atomic E-state index is 0.0364. The molecule has 0 N–H and O–H groups in total.